The number of ether oxygens (including phenoxy) is 1. The van der Waals surface area contributed by atoms with Crippen molar-refractivity contribution in [1.82, 2.24) is 40.8 Å². The molecule has 31 nitrogen and oxygen atoms in total. The highest BCUT2D eigenvalue weighted by Gasteiger charge is 2.50. The van der Waals surface area contributed by atoms with E-state index in [1.165, 1.54) is 27.7 Å². The highest BCUT2D eigenvalue weighted by molar-refractivity contribution is 7.61. The number of hydrogen-bond donors (Lipinski definition) is 13. The molecule has 0 saturated carbocycles. The normalized spacial score (nSPS) is 11.9. The lowest BCUT2D eigenvalue weighted by atomic mass is 9.87. The molecule has 0 aliphatic carbocycles. The van der Waals surface area contributed by atoms with Crippen LogP contribution >= 0.6 is 23.5 Å². The van der Waals surface area contributed by atoms with Gasteiger partial charge in [0.2, 0.25) is 23.6 Å². The number of phosphoric ester groups is 3. The van der Waals surface area contributed by atoms with E-state index in [1.54, 1.807) is 20.8 Å². The quantitative estimate of drug-likeness (QED) is 0.0349. The average Bonchev–Trinajstić information content (AvgIpc) is 1.61. The van der Waals surface area contributed by atoms with Crippen molar-refractivity contribution in [2.24, 2.45) is 10.8 Å². The number of terminal acetylenes is 1. The van der Waals surface area contributed by atoms with E-state index in [4.69, 9.17) is 31.0 Å². The maximum absolute atomic E-state index is 12.6. The molecule has 34 heteroatoms. The summed E-state index contributed by atoms with van der Waals surface area (Å²) in [6.45, 7) is 8.03. The Morgan fingerprint density at radius 1 is 0.443 bits per heavy atom. The number of aromatic nitrogens is 4. The van der Waals surface area contributed by atoms with E-state index >= 15 is 0 Å². The number of nitrogens with one attached hydrogen (secondary N) is 4. The number of aliphatic hydroxyl groups is 4. The molecule has 0 spiro atoms. The smallest absolute Gasteiger partial charge is 0.396 e. The van der Waals surface area contributed by atoms with Gasteiger partial charge >= 0.3 is 23.5 Å². The maximum Gasteiger partial charge on any atom is 0.481 e. The number of phosphoric acid groups is 3. The Labute approximate surface area is 813 Å². The van der Waals surface area contributed by atoms with Gasteiger partial charge in [0.05, 0.1) is 26.1 Å². The number of nitrogens with two attached hydrogens (primary N) is 1. The summed E-state index contributed by atoms with van der Waals surface area (Å²) in [5.74, 6) is 164. The molecule has 3 rings (SSSR count). The Bertz CT molecular complexity index is 7680. The molecule has 1 saturated heterocycles. The van der Waals surface area contributed by atoms with Crippen LogP contribution in [0, 0.1) is 414 Å². The molecule has 1 aliphatic heterocycles. The van der Waals surface area contributed by atoms with Crippen LogP contribution in [0.15, 0.2) is 12.7 Å². The number of amides is 4. The lowest BCUT2D eigenvalue weighted by Crippen LogP contribution is -2.46. The molecule has 2 aromatic rings. The minimum atomic E-state index is -5.56. The van der Waals surface area contributed by atoms with E-state index in [0.29, 0.717) is 0 Å². The van der Waals surface area contributed by atoms with Crippen LogP contribution in [0.25, 0.3) is 11.2 Å². The molecule has 686 valence electrons. The monoisotopic (exact) mass is 1910 g/mol. The van der Waals surface area contributed by atoms with Crippen LogP contribution in [0.3, 0.4) is 0 Å². The van der Waals surface area contributed by atoms with Gasteiger partial charge < -0.3 is 71.7 Å². The zero-order valence-electron chi connectivity index (χ0n) is 74.0. The number of anilines is 1. The number of aliphatic hydroxyl groups excluding tert-OH is 4. The highest BCUT2D eigenvalue weighted by atomic mass is 31.3. The molecule has 1 fully saturated rings. The summed E-state index contributed by atoms with van der Waals surface area (Å²) in [5, 5.41) is 49.8. The largest absolute Gasteiger partial charge is 0.481 e. The molecular formula is C106H70N9O22P3. The van der Waals surface area contributed by atoms with Crippen molar-refractivity contribution in [3.05, 3.63) is 12.7 Å². The molecule has 3 heterocycles. The minimum absolute atomic E-state index is 0. The number of fused-ring (bicyclic) bond motifs is 1. The van der Waals surface area contributed by atoms with Crippen LogP contribution in [0.2, 0.25) is 0 Å². The van der Waals surface area contributed by atoms with Crippen molar-refractivity contribution in [2.75, 3.05) is 51.7 Å². The summed E-state index contributed by atoms with van der Waals surface area (Å²) in [7, 11) is -16.4. The van der Waals surface area contributed by atoms with Gasteiger partial charge in [-0.3, -0.25) is 46.9 Å². The second-order valence-electron chi connectivity index (χ2n) is 25.4. The van der Waals surface area contributed by atoms with Gasteiger partial charge in [0.25, 0.3) is 0 Å². The number of nitrogens with zero attached hydrogens (tertiary/aromatic N) is 4. The minimum Gasteiger partial charge on any atom is -0.396 e. The van der Waals surface area contributed by atoms with E-state index in [1.807, 2.05) is 0 Å². The number of carbonyl (C=O) groups is 6. The fourth-order valence-electron chi connectivity index (χ4n) is 7.69. The Morgan fingerprint density at radius 3 is 1.00 bits per heavy atom. The molecule has 0 aromatic carbocycles. The predicted molar refractivity (Wildman–Crippen MR) is 516 cm³/mol. The Kier molecular flexibility index (Phi) is 64.1. The van der Waals surface area contributed by atoms with Gasteiger partial charge in [0.1, 0.15) is 53.9 Å². The summed E-state index contributed by atoms with van der Waals surface area (Å²) >= 11 is 0. The summed E-state index contributed by atoms with van der Waals surface area (Å²) < 4.78 is 61.7. The first kappa shape index (κ1) is 121. The number of carbonyl (C=O) groups excluding carboxylic acids is 6. The fraction of sp³-hybridized carbons (Fsp3) is 0.255. The predicted octanol–water partition coefficient (Wildman–Crippen LogP) is -1.26. The number of rotatable bonds is 28. The molecule has 2 aromatic heterocycles. The van der Waals surface area contributed by atoms with E-state index in [-0.39, 0.29) is 100 Å². The first-order chi connectivity index (χ1) is 66.6. The summed E-state index contributed by atoms with van der Waals surface area (Å²) in [6.07, 6.45) is -2.82. The second-order valence-corrected chi connectivity index (χ2v) is 29.7. The number of ketones is 2. The highest BCUT2D eigenvalue weighted by Crippen LogP contribution is 2.61. The first-order valence-corrected chi connectivity index (χ1v) is 42.7. The molecular weight excluding hydrogens is 1840 g/mol. The lowest BCUT2D eigenvalue weighted by Gasteiger charge is -2.30. The van der Waals surface area contributed by atoms with Crippen molar-refractivity contribution in [2.45, 2.75) is 118 Å². The second kappa shape index (κ2) is 74.3. The molecule has 140 heavy (non-hydrogen) atoms. The summed E-state index contributed by atoms with van der Waals surface area (Å²) in [5.41, 5.74) is 3.32. The Balaban J connectivity index is 0.00000235. The molecule has 8 unspecified atom stereocenters. The Morgan fingerprint density at radius 2 is 0.721 bits per heavy atom. The van der Waals surface area contributed by atoms with Crippen molar-refractivity contribution < 1.29 is 105 Å². The van der Waals surface area contributed by atoms with Crippen LogP contribution in [0.5, 0.6) is 0 Å². The van der Waals surface area contributed by atoms with Crippen molar-refractivity contribution in [1.29, 1.82) is 0 Å². The zero-order chi connectivity index (χ0) is 103. The zero-order valence-corrected chi connectivity index (χ0v) is 76.7. The van der Waals surface area contributed by atoms with Crippen molar-refractivity contribution in [3.8, 4) is 403 Å². The van der Waals surface area contributed by atoms with Gasteiger partial charge in [-0.25, -0.2) is 28.6 Å². The van der Waals surface area contributed by atoms with Crippen LogP contribution in [-0.4, -0.2) is 171 Å². The van der Waals surface area contributed by atoms with Crippen LogP contribution < -0.4 is 27.0 Å². The third-order valence-electron chi connectivity index (χ3n) is 13.9. The molecule has 0 bridgehead atoms. The molecule has 4 amide bonds. The van der Waals surface area contributed by atoms with Gasteiger partial charge in [-0.2, -0.15) is 4.31 Å². The van der Waals surface area contributed by atoms with Crippen LogP contribution in [-0.2, 0) is 65.1 Å². The summed E-state index contributed by atoms with van der Waals surface area (Å²) in [6, 6.07) is 0. The Hall–Kier alpha value is -19.2. The van der Waals surface area contributed by atoms with E-state index in [2.05, 4.69) is 442 Å². The van der Waals surface area contributed by atoms with Gasteiger partial charge in [-0.05, 0) is 115 Å². The first-order valence-electron chi connectivity index (χ1n) is 38.2. The SMILES string of the molecule is C.C#CC#CC#CC#CC#CC#CC#CC#CC#CC#CC#CC#CC#CC#CC#CC#CC#CC#CC#CC#CC#CC#CC#CC#CC#CC#CC#CC#CC#CC#CC#CC#CC#CC#CC.CC(=O)CCNC(=O)CCNC(=O)C(O)C(C)(C)CO.CC(=O)CCNC(=O)CCNC(=O)C(O)C(C)(C)COP(=O)(O)OP(=O)(O)OCC1OC(n2cnc3c(N)ncnc32)C(O)C1OP(=O)(O)O. The molecule has 14 N–H and O–H groups in total. The molecule has 0 radical (unpaired) electrons. The van der Waals surface area contributed by atoms with E-state index in [0.717, 1.165) is 17.2 Å². The number of imidazole rings is 1. The van der Waals surface area contributed by atoms with Crippen molar-refractivity contribution in [3.63, 3.8) is 0 Å². The number of Topliss-reactive ketones (excluding diaryl/α,β-unsaturated/α-hetero) is 2. The van der Waals surface area contributed by atoms with Gasteiger partial charge in [-0.15, -0.1) is 6.42 Å². The third-order valence-corrected chi connectivity index (χ3v) is 17.0. The fourth-order valence-corrected chi connectivity index (χ4v) is 10.5. The number of nitrogen functional groups attached to an aromatic ring is 1. The summed E-state index contributed by atoms with van der Waals surface area (Å²) in [4.78, 5) is 119. The third kappa shape index (κ3) is 63.7. The van der Waals surface area contributed by atoms with Gasteiger partial charge in [0, 0.05) is 359 Å². The lowest BCUT2D eigenvalue weighted by molar-refractivity contribution is -0.137. The van der Waals surface area contributed by atoms with E-state index in [9.17, 15) is 77.4 Å². The maximum atomic E-state index is 12.6. The van der Waals surface area contributed by atoms with Gasteiger partial charge in [-0.1, -0.05) is 41.0 Å². The van der Waals surface area contributed by atoms with E-state index < -0.39 is 102 Å². The van der Waals surface area contributed by atoms with Crippen molar-refractivity contribution >= 4 is 75.6 Å². The standard InChI is InChI=1S/C69H4.C23H38N7O17P3.C13H24N2O5.CH4/c1-3-5-7-9-11-13-15-17-19-21-23-25-27-29-31-33-35-37-39-41-43-45-47-49-51-53-55-57-59-61-63-65-67-69-68-66-64-62-60-58-56-54-52-50-48-46-44-42-40-38-36-34-32-30-28-26-24-22-20-18-16-14-12-10-8-6-4-2;1-12(31)4-6-25-14(32)5-7-26-21(35)18(34)23(2,3)9-44-50(41,42)47-49(39,40)43-8-13-17(46-48(36,37)38)16(33)22(45-13)30-11-29-15-19(24)27-10-28-20(15)30;1-9(17)4-6-14-10(18)5-7-15-12(20)11(19)13(2,3)8-16;/h1H,2H3;10-11,13,16-18,22,33-34H,4-9H2,1-3H3,(H,25,32)(H,26,35)(H,39,40)(H,41,42)(H2,24,27,28)(H2,36,37,38);11,16,19H,4-8H2,1-3H3,(H,14,18)(H,15,20);1H4. The molecule has 1 aliphatic rings. The van der Waals surface area contributed by atoms with Crippen LogP contribution in [0.4, 0.5) is 5.82 Å². The van der Waals surface area contributed by atoms with Crippen LogP contribution in [0.1, 0.15) is 87.8 Å². The number of hydrogen-bond acceptors (Lipinski definition) is 22. The topological polar surface area (TPSA) is 479 Å². The average molecular weight is 1910 g/mol. The van der Waals surface area contributed by atoms with Gasteiger partial charge in [0.15, 0.2) is 17.7 Å². The molecule has 8 atom stereocenters.